The zero-order valence-corrected chi connectivity index (χ0v) is 10.8. The van der Waals surface area contributed by atoms with Crippen molar-refractivity contribution in [2.75, 3.05) is 7.11 Å². The predicted octanol–water partition coefficient (Wildman–Crippen LogP) is 0.495. The number of ether oxygens (including phenoxy) is 2. The van der Waals surface area contributed by atoms with E-state index in [9.17, 15) is 9.59 Å². The Morgan fingerprint density at radius 1 is 1.50 bits per heavy atom. The first-order chi connectivity index (χ1) is 8.58. The number of methoxy groups -OCH3 is 1. The van der Waals surface area contributed by atoms with E-state index in [0.717, 1.165) is 6.42 Å². The molecule has 1 aromatic rings. The van der Waals surface area contributed by atoms with Crippen molar-refractivity contribution in [3.8, 4) is 0 Å². The number of rotatable bonds is 3. The second-order valence-corrected chi connectivity index (χ2v) is 4.55. The normalized spacial score (nSPS) is 31.7. The molecule has 1 aromatic heterocycles. The zero-order chi connectivity index (χ0) is 13.3. The van der Waals surface area contributed by atoms with E-state index in [1.807, 2.05) is 13.8 Å². The summed E-state index contributed by atoms with van der Waals surface area (Å²) in [4.78, 5) is 25.0. The van der Waals surface area contributed by atoms with Gasteiger partial charge in [0.25, 0.3) is 5.56 Å². The molecule has 1 aliphatic rings. The van der Waals surface area contributed by atoms with E-state index in [2.05, 4.69) is 4.98 Å². The van der Waals surface area contributed by atoms with Gasteiger partial charge in [-0.2, -0.15) is 0 Å². The van der Waals surface area contributed by atoms with Crippen molar-refractivity contribution in [3.05, 3.63) is 33.1 Å². The van der Waals surface area contributed by atoms with Crippen molar-refractivity contribution in [2.45, 2.75) is 38.7 Å². The summed E-state index contributed by atoms with van der Waals surface area (Å²) < 4.78 is 12.7. The fourth-order valence-electron chi connectivity index (χ4n) is 2.50. The Balaban J connectivity index is 2.38. The standard InChI is InChI=1S/C12H18N2O4/c1-4-8-7(2)10(17-3)11(18-8)14-6-5-9(15)13-12(14)16/h5-8,10-11H,4H2,1-3H3,(H,13,15,16)/t7-,8-,10-,11-/m0/s1. The lowest BCUT2D eigenvalue weighted by atomic mass is 9.98. The highest BCUT2D eigenvalue weighted by molar-refractivity contribution is 4.91. The SMILES string of the molecule is CC[C@@H]1O[C@H](n2ccc(=O)[nH]c2=O)[C@@H](OC)[C@H]1C. The number of aromatic nitrogens is 2. The summed E-state index contributed by atoms with van der Waals surface area (Å²) >= 11 is 0. The van der Waals surface area contributed by atoms with Crippen LogP contribution in [0.4, 0.5) is 0 Å². The summed E-state index contributed by atoms with van der Waals surface area (Å²) in [6.45, 7) is 4.07. The van der Waals surface area contributed by atoms with Crippen molar-refractivity contribution in [1.29, 1.82) is 0 Å². The van der Waals surface area contributed by atoms with Gasteiger partial charge in [0, 0.05) is 25.3 Å². The average molecular weight is 254 g/mol. The summed E-state index contributed by atoms with van der Waals surface area (Å²) in [5, 5.41) is 0. The summed E-state index contributed by atoms with van der Waals surface area (Å²) in [7, 11) is 1.60. The Kier molecular flexibility index (Phi) is 3.68. The van der Waals surface area contributed by atoms with Crippen LogP contribution in [-0.4, -0.2) is 28.9 Å². The van der Waals surface area contributed by atoms with E-state index in [1.54, 1.807) is 7.11 Å². The van der Waals surface area contributed by atoms with Crippen LogP contribution in [0.3, 0.4) is 0 Å². The second kappa shape index (κ2) is 5.07. The third-order valence-electron chi connectivity index (χ3n) is 3.50. The molecule has 0 saturated carbocycles. The van der Waals surface area contributed by atoms with Gasteiger partial charge < -0.3 is 9.47 Å². The molecule has 0 spiro atoms. The van der Waals surface area contributed by atoms with Gasteiger partial charge in [-0.25, -0.2) is 4.79 Å². The van der Waals surface area contributed by atoms with Gasteiger partial charge in [-0.1, -0.05) is 13.8 Å². The number of H-pyrrole nitrogens is 1. The minimum atomic E-state index is -0.487. The molecule has 1 N–H and O–H groups in total. The van der Waals surface area contributed by atoms with Gasteiger partial charge in [-0.15, -0.1) is 0 Å². The molecular formula is C12H18N2O4. The third kappa shape index (κ3) is 2.13. The van der Waals surface area contributed by atoms with Crippen molar-refractivity contribution >= 4 is 0 Å². The first-order valence-electron chi connectivity index (χ1n) is 6.08. The molecule has 1 aliphatic heterocycles. The van der Waals surface area contributed by atoms with Crippen molar-refractivity contribution in [2.24, 2.45) is 5.92 Å². The highest BCUT2D eigenvalue weighted by atomic mass is 16.6. The van der Waals surface area contributed by atoms with Crippen LogP contribution in [0.1, 0.15) is 26.5 Å². The van der Waals surface area contributed by atoms with E-state index >= 15 is 0 Å². The molecule has 0 aliphatic carbocycles. The van der Waals surface area contributed by atoms with Crippen LogP contribution in [0.2, 0.25) is 0 Å². The molecule has 1 saturated heterocycles. The molecule has 2 rings (SSSR count). The van der Waals surface area contributed by atoms with E-state index < -0.39 is 17.5 Å². The molecule has 4 atom stereocenters. The molecule has 0 aromatic carbocycles. The monoisotopic (exact) mass is 254 g/mol. The maximum absolute atomic E-state index is 11.8. The Bertz CT molecular complexity index is 521. The van der Waals surface area contributed by atoms with Crippen LogP contribution in [0.25, 0.3) is 0 Å². The Labute approximate surface area is 105 Å². The predicted molar refractivity (Wildman–Crippen MR) is 65.5 cm³/mol. The van der Waals surface area contributed by atoms with Gasteiger partial charge >= 0.3 is 5.69 Å². The smallest absolute Gasteiger partial charge is 0.330 e. The fourth-order valence-corrected chi connectivity index (χ4v) is 2.50. The highest BCUT2D eigenvalue weighted by Gasteiger charge is 2.42. The van der Waals surface area contributed by atoms with Crippen LogP contribution < -0.4 is 11.2 Å². The summed E-state index contributed by atoms with van der Waals surface area (Å²) in [6.07, 6.45) is 1.68. The Morgan fingerprint density at radius 3 is 2.78 bits per heavy atom. The van der Waals surface area contributed by atoms with Gasteiger partial charge in [0.2, 0.25) is 0 Å². The topological polar surface area (TPSA) is 73.3 Å². The molecule has 0 amide bonds. The molecule has 6 nitrogen and oxygen atoms in total. The highest BCUT2D eigenvalue weighted by Crippen LogP contribution is 2.35. The minimum absolute atomic E-state index is 0.0544. The number of nitrogens with one attached hydrogen (secondary N) is 1. The number of hydrogen-bond acceptors (Lipinski definition) is 4. The molecule has 100 valence electrons. The first-order valence-corrected chi connectivity index (χ1v) is 6.08. The molecule has 0 radical (unpaired) electrons. The summed E-state index contributed by atoms with van der Waals surface area (Å²) in [5.74, 6) is 0.198. The lowest BCUT2D eigenvalue weighted by molar-refractivity contribution is -0.0530. The molecule has 2 heterocycles. The van der Waals surface area contributed by atoms with Gasteiger partial charge in [-0.3, -0.25) is 14.3 Å². The van der Waals surface area contributed by atoms with Crippen molar-refractivity contribution in [3.63, 3.8) is 0 Å². The molecule has 0 bridgehead atoms. The summed E-state index contributed by atoms with van der Waals surface area (Å²) in [5.41, 5.74) is -0.887. The fraction of sp³-hybridized carbons (Fsp3) is 0.667. The maximum Gasteiger partial charge on any atom is 0.330 e. The third-order valence-corrected chi connectivity index (χ3v) is 3.50. The van der Waals surface area contributed by atoms with E-state index in [4.69, 9.17) is 9.47 Å². The number of aromatic amines is 1. The molecule has 0 unspecified atom stereocenters. The zero-order valence-electron chi connectivity index (χ0n) is 10.8. The van der Waals surface area contributed by atoms with Crippen molar-refractivity contribution < 1.29 is 9.47 Å². The number of hydrogen-bond donors (Lipinski definition) is 1. The Morgan fingerprint density at radius 2 is 2.22 bits per heavy atom. The maximum atomic E-state index is 11.8. The van der Waals surface area contributed by atoms with Crippen LogP contribution in [0.15, 0.2) is 21.9 Å². The minimum Gasteiger partial charge on any atom is -0.376 e. The van der Waals surface area contributed by atoms with Crippen LogP contribution >= 0.6 is 0 Å². The quantitative estimate of drug-likeness (QED) is 0.852. The van der Waals surface area contributed by atoms with Crippen molar-refractivity contribution in [1.82, 2.24) is 9.55 Å². The molecule has 6 heteroatoms. The number of nitrogens with zero attached hydrogens (tertiary/aromatic N) is 1. The van der Waals surface area contributed by atoms with Crippen LogP contribution in [-0.2, 0) is 9.47 Å². The van der Waals surface area contributed by atoms with Gasteiger partial charge in [0.1, 0.15) is 6.10 Å². The van der Waals surface area contributed by atoms with E-state index in [0.29, 0.717) is 0 Å². The molecule has 18 heavy (non-hydrogen) atoms. The van der Waals surface area contributed by atoms with Gasteiger partial charge in [0.15, 0.2) is 6.23 Å². The van der Waals surface area contributed by atoms with E-state index in [-0.39, 0.29) is 18.1 Å². The van der Waals surface area contributed by atoms with Crippen LogP contribution in [0, 0.1) is 5.92 Å². The van der Waals surface area contributed by atoms with Gasteiger partial charge in [-0.05, 0) is 6.42 Å². The second-order valence-electron chi connectivity index (χ2n) is 4.55. The van der Waals surface area contributed by atoms with Gasteiger partial charge in [0.05, 0.1) is 6.10 Å². The average Bonchev–Trinajstić information content (AvgIpc) is 2.65. The first kappa shape index (κ1) is 13.0. The molecule has 1 fully saturated rings. The largest absolute Gasteiger partial charge is 0.376 e. The Hall–Kier alpha value is -1.40. The van der Waals surface area contributed by atoms with Crippen LogP contribution in [0.5, 0.6) is 0 Å². The lowest BCUT2D eigenvalue weighted by Gasteiger charge is -2.20. The lowest BCUT2D eigenvalue weighted by Crippen LogP contribution is -2.36. The summed E-state index contributed by atoms with van der Waals surface area (Å²) in [6, 6.07) is 1.31. The van der Waals surface area contributed by atoms with E-state index in [1.165, 1.54) is 16.8 Å². The molecular weight excluding hydrogens is 236 g/mol.